The number of methoxy groups -OCH3 is 1. The lowest BCUT2D eigenvalue weighted by molar-refractivity contribution is -0.142. The SMILES string of the molecule is COC(=O)[C@@H](N)c1ncc(-c2ccc(F)c(F)c2)[nH]1. The van der Waals surface area contributed by atoms with Gasteiger partial charge in [-0.2, -0.15) is 0 Å². The van der Waals surface area contributed by atoms with Crippen LogP contribution in [0.3, 0.4) is 0 Å². The fraction of sp³-hybridized carbons (Fsp3) is 0.167. The number of carbonyl (C=O) groups is 1. The number of rotatable bonds is 3. The van der Waals surface area contributed by atoms with Crippen LogP contribution in [0.5, 0.6) is 0 Å². The number of hydrogen-bond acceptors (Lipinski definition) is 4. The molecule has 0 bridgehead atoms. The number of aromatic nitrogens is 2. The number of ether oxygens (including phenoxy) is 1. The second-order valence-electron chi connectivity index (χ2n) is 3.81. The minimum atomic E-state index is -1.05. The average molecular weight is 267 g/mol. The molecule has 3 N–H and O–H groups in total. The minimum absolute atomic E-state index is 0.187. The van der Waals surface area contributed by atoms with Gasteiger partial charge in [-0.15, -0.1) is 0 Å². The highest BCUT2D eigenvalue weighted by Crippen LogP contribution is 2.21. The number of halogens is 2. The Bertz CT molecular complexity index is 613. The number of benzene rings is 1. The highest BCUT2D eigenvalue weighted by Gasteiger charge is 2.20. The van der Waals surface area contributed by atoms with Gasteiger partial charge >= 0.3 is 5.97 Å². The molecule has 0 aliphatic carbocycles. The van der Waals surface area contributed by atoms with E-state index in [9.17, 15) is 13.6 Å². The standard InChI is InChI=1S/C12H11F2N3O2/c1-19-12(18)10(15)11-16-5-9(17-11)6-2-3-7(13)8(14)4-6/h2-5,10H,15H2,1H3,(H,16,17)/t10-/m0/s1. The lowest BCUT2D eigenvalue weighted by Gasteiger charge is -2.05. The van der Waals surface area contributed by atoms with Gasteiger partial charge < -0.3 is 15.5 Å². The van der Waals surface area contributed by atoms with E-state index in [0.29, 0.717) is 11.3 Å². The predicted octanol–water partition coefficient (Wildman–Crippen LogP) is 1.53. The quantitative estimate of drug-likeness (QED) is 0.826. The van der Waals surface area contributed by atoms with Crippen molar-refractivity contribution in [3.05, 3.63) is 41.9 Å². The molecule has 1 heterocycles. The first kappa shape index (κ1) is 13.2. The van der Waals surface area contributed by atoms with Gasteiger partial charge in [0.15, 0.2) is 17.7 Å². The molecule has 19 heavy (non-hydrogen) atoms. The molecule has 0 fully saturated rings. The molecule has 0 saturated heterocycles. The third-order valence-corrected chi connectivity index (χ3v) is 2.58. The van der Waals surface area contributed by atoms with Crippen molar-refractivity contribution >= 4 is 5.97 Å². The van der Waals surface area contributed by atoms with Gasteiger partial charge in [0.05, 0.1) is 19.0 Å². The first-order valence-electron chi connectivity index (χ1n) is 5.36. The third kappa shape index (κ3) is 2.60. The molecule has 0 aliphatic heterocycles. The Balaban J connectivity index is 2.30. The average Bonchev–Trinajstić information content (AvgIpc) is 2.89. The van der Waals surface area contributed by atoms with Gasteiger partial charge in [-0.25, -0.2) is 18.6 Å². The molecule has 0 aliphatic rings. The van der Waals surface area contributed by atoms with Crippen molar-refractivity contribution in [3.8, 4) is 11.3 Å². The van der Waals surface area contributed by atoms with Crippen molar-refractivity contribution in [2.75, 3.05) is 7.11 Å². The topological polar surface area (TPSA) is 81.0 Å². The van der Waals surface area contributed by atoms with Gasteiger partial charge in [0.2, 0.25) is 0 Å². The van der Waals surface area contributed by atoms with Crippen LogP contribution in [0, 0.1) is 11.6 Å². The van der Waals surface area contributed by atoms with Gasteiger partial charge in [-0.1, -0.05) is 0 Å². The highest BCUT2D eigenvalue weighted by atomic mass is 19.2. The predicted molar refractivity (Wildman–Crippen MR) is 62.9 cm³/mol. The van der Waals surface area contributed by atoms with Crippen LogP contribution in [0.15, 0.2) is 24.4 Å². The van der Waals surface area contributed by atoms with Crippen molar-refractivity contribution in [1.82, 2.24) is 9.97 Å². The van der Waals surface area contributed by atoms with E-state index >= 15 is 0 Å². The van der Waals surface area contributed by atoms with E-state index in [1.54, 1.807) is 0 Å². The van der Waals surface area contributed by atoms with Gasteiger partial charge in [0.1, 0.15) is 5.82 Å². The molecule has 5 nitrogen and oxygen atoms in total. The first-order valence-corrected chi connectivity index (χ1v) is 5.36. The van der Waals surface area contributed by atoms with E-state index < -0.39 is 23.6 Å². The van der Waals surface area contributed by atoms with Crippen molar-refractivity contribution in [1.29, 1.82) is 0 Å². The van der Waals surface area contributed by atoms with Crippen LogP contribution in [0.1, 0.15) is 11.9 Å². The summed E-state index contributed by atoms with van der Waals surface area (Å²) in [5, 5.41) is 0. The summed E-state index contributed by atoms with van der Waals surface area (Å²) < 4.78 is 30.4. The lowest BCUT2D eigenvalue weighted by Crippen LogP contribution is -2.23. The molecule has 2 rings (SSSR count). The molecule has 0 unspecified atom stereocenters. The summed E-state index contributed by atoms with van der Waals surface area (Å²) in [6, 6.07) is 2.37. The van der Waals surface area contributed by atoms with Gasteiger partial charge in [-0.3, -0.25) is 0 Å². The summed E-state index contributed by atoms with van der Waals surface area (Å²) in [6.45, 7) is 0. The van der Waals surface area contributed by atoms with Gasteiger partial charge in [0.25, 0.3) is 0 Å². The van der Waals surface area contributed by atoms with Gasteiger partial charge in [-0.05, 0) is 18.2 Å². The Morgan fingerprint density at radius 2 is 2.16 bits per heavy atom. The summed E-state index contributed by atoms with van der Waals surface area (Å²) in [6.07, 6.45) is 1.38. The number of aromatic amines is 1. The summed E-state index contributed by atoms with van der Waals surface area (Å²) >= 11 is 0. The molecule has 1 aromatic carbocycles. The van der Waals surface area contributed by atoms with E-state index in [4.69, 9.17) is 5.73 Å². The molecule has 100 valence electrons. The molecular weight excluding hydrogens is 256 g/mol. The van der Waals surface area contributed by atoms with Crippen molar-refractivity contribution in [3.63, 3.8) is 0 Å². The summed E-state index contributed by atoms with van der Waals surface area (Å²) in [7, 11) is 1.21. The molecule has 2 aromatic rings. The molecule has 1 atom stereocenters. The number of hydrogen-bond donors (Lipinski definition) is 2. The Morgan fingerprint density at radius 1 is 1.42 bits per heavy atom. The van der Waals surface area contributed by atoms with E-state index in [2.05, 4.69) is 14.7 Å². The zero-order valence-electron chi connectivity index (χ0n) is 9.98. The fourth-order valence-electron chi connectivity index (χ4n) is 1.54. The fourth-order valence-corrected chi connectivity index (χ4v) is 1.54. The number of H-pyrrole nitrogens is 1. The third-order valence-electron chi connectivity index (χ3n) is 2.58. The Hall–Kier alpha value is -2.28. The zero-order chi connectivity index (χ0) is 14.0. The van der Waals surface area contributed by atoms with E-state index in [-0.39, 0.29) is 5.82 Å². The van der Waals surface area contributed by atoms with Crippen molar-refractivity contribution in [2.45, 2.75) is 6.04 Å². The second-order valence-corrected chi connectivity index (χ2v) is 3.81. The second kappa shape index (κ2) is 5.15. The molecule has 1 aromatic heterocycles. The zero-order valence-corrected chi connectivity index (χ0v) is 9.98. The van der Waals surface area contributed by atoms with Gasteiger partial charge in [0, 0.05) is 5.56 Å². The van der Waals surface area contributed by atoms with E-state index in [1.807, 2.05) is 0 Å². The first-order chi connectivity index (χ1) is 9.02. The summed E-state index contributed by atoms with van der Waals surface area (Å²) in [4.78, 5) is 17.9. The number of nitrogens with two attached hydrogens (primary N) is 1. The number of imidazole rings is 1. The lowest BCUT2D eigenvalue weighted by atomic mass is 10.1. The van der Waals surface area contributed by atoms with Crippen LogP contribution in [-0.2, 0) is 9.53 Å². The Labute approximate surface area is 107 Å². The number of nitrogens with zero attached hydrogens (tertiary/aromatic N) is 1. The van der Waals surface area contributed by atoms with E-state index in [1.165, 1.54) is 19.4 Å². The largest absolute Gasteiger partial charge is 0.468 e. The normalized spacial score (nSPS) is 12.2. The Kier molecular flexibility index (Phi) is 3.57. The maximum absolute atomic E-state index is 13.1. The molecule has 7 heteroatoms. The minimum Gasteiger partial charge on any atom is -0.468 e. The van der Waals surface area contributed by atoms with Crippen LogP contribution in [-0.4, -0.2) is 23.0 Å². The summed E-state index contributed by atoms with van der Waals surface area (Å²) in [5.41, 5.74) is 6.41. The van der Waals surface area contributed by atoms with Crippen LogP contribution in [0.4, 0.5) is 8.78 Å². The van der Waals surface area contributed by atoms with E-state index in [0.717, 1.165) is 12.1 Å². The van der Waals surface area contributed by atoms with Crippen LogP contribution in [0.2, 0.25) is 0 Å². The van der Waals surface area contributed by atoms with Crippen molar-refractivity contribution in [2.24, 2.45) is 5.73 Å². The molecule has 0 radical (unpaired) electrons. The number of esters is 1. The van der Waals surface area contributed by atoms with Crippen LogP contribution in [0.25, 0.3) is 11.3 Å². The molecular formula is C12H11F2N3O2. The smallest absolute Gasteiger partial charge is 0.330 e. The monoisotopic (exact) mass is 267 g/mol. The van der Waals surface area contributed by atoms with Crippen LogP contribution >= 0.6 is 0 Å². The number of nitrogens with one attached hydrogen (secondary N) is 1. The maximum Gasteiger partial charge on any atom is 0.330 e. The van der Waals surface area contributed by atoms with Crippen LogP contribution < -0.4 is 5.73 Å². The molecule has 0 saturated carbocycles. The summed E-state index contributed by atoms with van der Waals surface area (Å²) in [5.74, 6) is -2.36. The van der Waals surface area contributed by atoms with Crippen molar-refractivity contribution < 1.29 is 18.3 Å². The highest BCUT2D eigenvalue weighted by molar-refractivity contribution is 5.76. The number of carbonyl (C=O) groups excluding carboxylic acids is 1. The Morgan fingerprint density at radius 3 is 2.79 bits per heavy atom. The molecule has 0 amide bonds. The molecule has 0 spiro atoms. The maximum atomic E-state index is 13.1.